The van der Waals surface area contributed by atoms with E-state index in [-0.39, 0.29) is 23.9 Å². The monoisotopic (exact) mass is 438 g/mol. The van der Waals surface area contributed by atoms with Gasteiger partial charge in [0.15, 0.2) is 0 Å². The Labute approximate surface area is 185 Å². The number of halogens is 2. The van der Waals surface area contributed by atoms with E-state index in [4.69, 9.17) is 16.3 Å². The molecule has 4 nitrogen and oxygen atoms in total. The molecular weight excluding hydrogens is 415 g/mol. The van der Waals surface area contributed by atoms with Gasteiger partial charge in [0, 0.05) is 34.3 Å². The van der Waals surface area contributed by atoms with Crippen LogP contribution in [0.3, 0.4) is 0 Å². The molecule has 2 aliphatic carbocycles. The number of rotatable bonds is 6. The van der Waals surface area contributed by atoms with Gasteiger partial charge in [-0.2, -0.15) is 0 Å². The van der Waals surface area contributed by atoms with Crippen LogP contribution in [0.2, 0.25) is 5.02 Å². The molecule has 31 heavy (non-hydrogen) atoms. The van der Waals surface area contributed by atoms with Crippen LogP contribution in [0.15, 0.2) is 54.7 Å². The number of carbonyl (C=O) groups excluding carboxylic acids is 1. The van der Waals surface area contributed by atoms with Crippen LogP contribution >= 0.6 is 11.6 Å². The third-order valence-corrected chi connectivity index (χ3v) is 7.01. The molecule has 2 fully saturated rings. The Hall–Kier alpha value is -2.66. The van der Waals surface area contributed by atoms with Crippen molar-refractivity contribution in [3.63, 3.8) is 0 Å². The van der Waals surface area contributed by atoms with E-state index in [0.29, 0.717) is 33.9 Å². The Morgan fingerprint density at radius 3 is 2.65 bits per heavy atom. The largest absolute Gasteiger partial charge is 0.490 e. The molecule has 1 amide bonds. The van der Waals surface area contributed by atoms with Gasteiger partial charge < -0.3 is 10.1 Å². The Bertz CT molecular complexity index is 1110. The van der Waals surface area contributed by atoms with E-state index in [1.54, 1.807) is 36.5 Å². The van der Waals surface area contributed by atoms with Crippen LogP contribution in [0.4, 0.5) is 4.39 Å². The molecule has 6 heteroatoms. The first-order valence-corrected chi connectivity index (χ1v) is 11.2. The maximum atomic E-state index is 13.5. The fraction of sp³-hybridized carbons (Fsp3) is 0.360. The molecule has 160 valence electrons. The third-order valence-electron chi connectivity index (χ3n) is 6.75. The van der Waals surface area contributed by atoms with E-state index < -0.39 is 0 Å². The summed E-state index contributed by atoms with van der Waals surface area (Å²) >= 11 is 5.92. The molecule has 2 aliphatic rings. The van der Waals surface area contributed by atoms with Gasteiger partial charge in [0.2, 0.25) is 0 Å². The standard InChI is InChI=1S/C25H24ClFN2O2/c1-2-21(29-25(30)14-3-5-15(26)6-4-14)24-19-12-17(13-20(19)24)31-23-9-10-28-22-11-16(27)7-8-18(22)23/h3-11,17,19-21,24H,2,12-13H2,1H3,(H,29,30). The number of fused-ring (bicyclic) bond motifs is 2. The molecule has 2 aromatic carbocycles. The lowest BCUT2D eigenvalue weighted by Gasteiger charge is -2.22. The van der Waals surface area contributed by atoms with Crippen molar-refractivity contribution in [1.29, 1.82) is 0 Å². The number of hydrogen-bond acceptors (Lipinski definition) is 3. The number of nitrogens with one attached hydrogen (secondary N) is 1. The van der Waals surface area contributed by atoms with Crippen LogP contribution in [0.25, 0.3) is 10.9 Å². The highest BCUT2D eigenvalue weighted by Crippen LogP contribution is 2.60. The van der Waals surface area contributed by atoms with Gasteiger partial charge in [-0.15, -0.1) is 0 Å². The molecule has 0 spiro atoms. The number of pyridine rings is 1. The van der Waals surface area contributed by atoms with E-state index in [9.17, 15) is 9.18 Å². The van der Waals surface area contributed by atoms with Crippen molar-refractivity contribution in [2.24, 2.45) is 17.8 Å². The molecular formula is C25H24ClFN2O2. The van der Waals surface area contributed by atoms with Crippen molar-refractivity contribution < 1.29 is 13.9 Å². The molecule has 1 heterocycles. The average molecular weight is 439 g/mol. The summed E-state index contributed by atoms with van der Waals surface area (Å²) in [5.41, 5.74) is 1.24. The van der Waals surface area contributed by atoms with Crippen molar-refractivity contribution in [2.45, 2.75) is 38.3 Å². The second-order valence-corrected chi connectivity index (χ2v) is 9.02. The lowest BCUT2D eigenvalue weighted by molar-refractivity contribution is 0.0924. The van der Waals surface area contributed by atoms with Gasteiger partial charge in [0.1, 0.15) is 11.6 Å². The summed E-state index contributed by atoms with van der Waals surface area (Å²) in [5, 5.41) is 4.68. The molecule has 3 atom stereocenters. The maximum Gasteiger partial charge on any atom is 0.251 e. The van der Waals surface area contributed by atoms with Crippen molar-refractivity contribution in [2.75, 3.05) is 0 Å². The molecule has 2 saturated carbocycles. The number of hydrogen-bond donors (Lipinski definition) is 1. The van der Waals surface area contributed by atoms with Gasteiger partial charge in [-0.25, -0.2) is 4.39 Å². The quantitative estimate of drug-likeness (QED) is 0.541. The van der Waals surface area contributed by atoms with E-state index in [2.05, 4.69) is 17.2 Å². The number of amides is 1. The fourth-order valence-electron chi connectivity index (χ4n) is 5.24. The normalized spacial score (nSPS) is 25.1. The van der Waals surface area contributed by atoms with Gasteiger partial charge in [-0.1, -0.05) is 18.5 Å². The van der Waals surface area contributed by atoms with Gasteiger partial charge in [0.05, 0.1) is 11.6 Å². The van der Waals surface area contributed by atoms with Gasteiger partial charge >= 0.3 is 0 Å². The van der Waals surface area contributed by atoms with E-state index in [1.165, 1.54) is 12.1 Å². The van der Waals surface area contributed by atoms with Gasteiger partial charge in [-0.05, 0) is 79.5 Å². The van der Waals surface area contributed by atoms with Crippen LogP contribution in [-0.4, -0.2) is 23.0 Å². The van der Waals surface area contributed by atoms with Crippen molar-refractivity contribution in [3.05, 3.63) is 71.1 Å². The predicted octanol–water partition coefficient (Wildman–Crippen LogP) is 5.64. The summed E-state index contributed by atoms with van der Waals surface area (Å²) in [6.45, 7) is 2.12. The van der Waals surface area contributed by atoms with Crippen LogP contribution in [-0.2, 0) is 0 Å². The number of aromatic nitrogens is 1. The van der Waals surface area contributed by atoms with Crippen LogP contribution < -0.4 is 10.1 Å². The predicted molar refractivity (Wildman–Crippen MR) is 119 cm³/mol. The highest BCUT2D eigenvalue weighted by molar-refractivity contribution is 6.30. The average Bonchev–Trinajstić information content (AvgIpc) is 3.25. The minimum absolute atomic E-state index is 0.0447. The SMILES string of the molecule is CCC(NC(=O)c1ccc(Cl)cc1)C1C2CC(Oc3ccnc4cc(F)ccc34)CC21. The van der Waals surface area contributed by atoms with Crippen molar-refractivity contribution in [1.82, 2.24) is 10.3 Å². The maximum absolute atomic E-state index is 13.5. The Kier molecular flexibility index (Phi) is 5.30. The molecule has 1 aromatic heterocycles. The van der Waals surface area contributed by atoms with Crippen LogP contribution in [0.5, 0.6) is 5.75 Å². The minimum atomic E-state index is -0.298. The summed E-state index contributed by atoms with van der Waals surface area (Å²) in [6, 6.07) is 13.6. The Balaban J connectivity index is 1.20. The first kappa shape index (κ1) is 20.3. The second-order valence-electron chi connectivity index (χ2n) is 8.58. The zero-order chi connectivity index (χ0) is 21.5. The smallest absolute Gasteiger partial charge is 0.251 e. The second kappa shape index (κ2) is 8.12. The summed E-state index contributed by atoms with van der Waals surface area (Å²) in [5.74, 6) is 2.07. The third kappa shape index (κ3) is 3.99. The van der Waals surface area contributed by atoms with E-state index >= 15 is 0 Å². The zero-order valence-electron chi connectivity index (χ0n) is 17.2. The number of ether oxygens (including phenoxy) is 1. The summed E-state index contributed by atoms with van der Waals surface area (Å²) in [6.07, 6.45) is 4.67. The topological polar surface area (TPSA) is 51.2 Å². The minimum Gasteiger partial charge on any atom is -0.490 e. The van der Waals surface area contributed by atoms with Crippen LogP contribution in [0, 0.1) is 23.6 Å². The highest BCUT2D eigenvalue weighted by atomic mass is 35.5. The fourth-order valence-corrected chi connectivity index (χ4v) is 5.36. The molecule has 3 aromatic rings. The van der Waals surface area contributed by atoms with Crippen molar-refractivity contribution in [3.8, 4) is 5.75 Å². The molecule has 0 bridgehead atoms. The Morgan fingerprint density at radius 2 is 1.94 bits per heavy atom. The lowest BCUT2D eigenvalue weighted by Crippen LogP contribution is -2.37. The van der Waals surface area contributed by atoms with Gasteiger partial charge in [0.25, 0.3) is 5.91 Å². The van der Waals surface area contributed by atoms with Crippen LogP contribution in [0.1, 0.15) is 36.5 Å². The number of benzene rings is 2. The first-order chi connectivity index (χ1) is 15.0. The first-order valence-electron chi connectivity index (χ1n) is 10.8. The number of nitrogens with zero attached hydrogens (tertiary/aromatic N) is 1. The van der Waals surface area contributed by atoms with Crippen molar-refractivity contribution >= 4 is 28.4 Å². The summed E-state index contributed by atoms with van der Waals surface area (Å²) in [7, 11) is 0. The molecule has 3 unspecified atom stereocenters. The molecule has 0 saturated heterocycles. The molecule has 5 rings (SSSR count). The highest BCUT2D eigenvalue weighted by Gasteiger charge is 2.59. The van der Waals surface area contributed by atoms with Gasteiger partial charge in [-0.3, -0.25) is 9.78 Å². The Morgan fingerprint density at radius 1 is 1.19 bits per heavy atom. The summed E-state index contributed by atoms with van der Waals surface area (Å²) in [4.78, 5) is 16.9. The number of carbonyl (C=O) groups is 1. The zero-order valence-corrected chi connectivity index (χ0v) is 18.0. The van der Waals surface area contributed by atoms with E-state index in [1.807, 2.05) is 6.07 Å². The molecule has 1 N–H and O–H groups in total. The summed E-state index contributed by atoms with van der Waals surface area (Å²) < 4.78 is 19.8. The molecule has 0 radical (unpaired) electrons. The van der Waals surface area contributed by atoms with E-state index in [0.717, 1.165) is 30.4 Å². The molecule has 0 aliphatic heterocycles. The lowest BCUT2D eigenvalue weighted by atomic mass is 10.00.